The van der Waals surface area contributed by atoms with Crippen LogP contribution in [-0.2, 0) is 17.4 Å². The van der Waals surface area contributed by atoms with Gasteiger partial charge in [-0.1, -0.05) is 12.1 Å². The van der Waals surface area contributed by atoms with E-state index in [1.807, 2.05) is 17.0 Å². The largest absolute Gasteiger partial charge is 0.417 e. The number of anilines is 1. The number of amides is 1. The summed E-state index contributed by atoms with van der Waals surface area (Å²) >= 11 is 0. The number of carbonyl (C=O) groups excluding carboxylic acids is 1. The van der Waals surface area contributed by atoms with Crippen LogP contribution in [0.3, 0.4) is 0 Å². The second-order valence-corrected chi connectivity index (χ2v) is 6.71. The first-order valence-corrected chi connectivity index (χ1v) is 8.92. The van der Waals surface area contributed by atoms with Crippen LogP contribution in [0.5, 0.6) is 0 Å². The van der Waals surface area contributed by atoms with Crippen LogP contribution in [0.2, 0.25) is 0 Å². The van der Waals surface area contributed by atoms with E-state index in [2.05, 4.69) is 16.4 Å². The summed E-state index contributed by atoms with van der Waals surface area (Å²) in [6.07, 6.45) is -1.94. The highest BCUT2D eigenvalue weighted by atomic mass is 19.4. The zero-order chi connectivity index (χ0) is 20.1. The van der Waals surface area contributed by atoms with Crippen molar-refractivity contribution in [3.8, 4) is 6.07 Å². The van der Waals surface area contributed by atoms with Gasteiger partial charge in [-0.05, 0) is 42.7 Å². The van der Waals surface area contributed by atoms with E-state index in [-0.39, 0.29) is 11.9 Å². The van der Waals surface area contributed by atoms with Gasteiger partial charge in [0, 0.05) is 31.7 Å². The van der Waals surface area contributed by atoms with Crippen molar-refractivity contribution in [3.63, 3.8) is 0 Å². The Bertz CT molecular complexity index is 857. The molecule has 0 bridgehead atoms. The highest BCUT2D eigenvalue weighted by molar-refractivity contribution is 5.76. The van der Waals surface area contributed by atoms with Crippen LogP contribution in [0.1, 0.15) is 29.5 Å². The Kier molecular flexibility index (Phi) is 5.83. The number of nitrogens with zero attached hydrogens (tertiary/aromatic N) is 3. The van der Waals surface area contributed by atoms with E-state index in [1.54, 1.807) is 12.1 Å². The number of aromatic nitrogens is 1. The summed E-state index contributed by atoms with van der Waals surface area (Å²) in [5.74, 6) is 0.402. The maximum atomic E-state index is 12.6. The quantitative estimate of drug-likeness (QED) is 0.853. The van der Waals surface area contributed by atoms with Crippen molar-refractivity contribution in [1.29, 1.82) is 5.26 Å². The zero-order valence-corrected chi connectivity index (χ0v) is 15.0. The summed E-state index contributed by atoms with van der Waals surface area (Å²) in [5.41, 5.74) is 0.787. The van der Waals surface area contributed by atoms with E-state index in [4.69, 9.17) is 5.26 Å². The smallest absolute Gasteiger partial charge is 0.354 e. The molecule has 0 spiro atoms. The number of alkyl halides is 3. The van der Waals surface area contributed by atoms with Crippen molar-refractivity contribution >= 4 is 11.7 Å². The summed E-state index contributed by atoms with van der Waals surface area (Å²) in [6.45, 7) is 1.14. The van der Waals surface area contributed by atoms with Crippen LogP contribution in [-0.4, -0.2) is 30.0 Å². The second kappa shape index (κ2) is 8.30. The minimum atomic E-state index is -4.40. The maximum absolute atomic E-state index is 12.6. The zero-order valence-electron chi connectivity index (χ0n) is 15.0. The molecule has 0 unspecified atom stereocenters. The molecule has 0 radical (unpaired) electrons. The monoisotopic (exact) mass is 388 g/mol. The van der Waals surface area contributed by atoms with Crippen LogP contribution in [0.15, 0.2) is 42.6 Å². The summed E-state index contributed by atoms with van der Waals surface area (Å²) in [6, 6.07) is 11.5. The van der Waals surface area contributed by atoms with E-state index in [1.165, 1.54) is 6.07 Å². The molecule has 1 aliphatic heterocycles. The summed E-state index contributed by atoms with van der Waals surface area (Å²) in [7, 11) is 0. The lowest BCUT2D eigenvalue weighted by atomic mass is 10.1. The van der Waals surface area contributed by atoms with Gasteiger partial charge in [0.2, 0.25) is 5.91 Å². The normalized spacial score (nSPS) is 16.6. The molecule has 8 heteroatoms. The molecule has 1 atom stereocenters. The number of nitriles is 1. The molecule has 146 valence electrons. The van der Waals surface area contributed by atoms with Crippen LogP contribution in [0.25, 0.3) is 0 Å². The topological polar surface area (TPSA) is 69.0 Å². The Balaban J connectivity index is 1.47. The maximum Gasteiger partial charge on any atom is 0.417 e. The number of halogens is 3. The first kappa shape index (κ1) is 19.7. The van der Waals surface area contributed by atoms with E-state index in [0.717, 1.165) is 17.8 Å². The van der Waals surface area contributed by atoms with Crippen LogP contribution in [0, 0.1) is 11.3 Å². The fourth-order valence-electron chi connectivity index (χ4n) is 3.13. The van der Waals surface area contributed by atoms with Gasteiger partial charge in [0.25, 0.3) is 0 Å². The number of carbonyl (C=O) groups is 1. The third-order valence-corrected chi connectivity index (χ3v) is 4.68. The van der Waals surface area contributed by atoms with Gasteiger partial charge in [-0.15, -0.1) is 0 Å². The molecule has 1 aromatic heterocycles. The molecule has 3 rings (SSSR count). The highest BCUT2D eigenvalue weighted by Crippen LogP contribution is 2.29. The standard InChI is InChI=1S/C20H19F3N4O/c21-20(22,23)16-6-7-18(25-12-16)27-10-9-17(13-27)26-19(28)8-5-14-1-3-15(11-24)4-2-14/h1-4,6-7,12,17H,5,8-10,13H2,(H,26,28)/t17-/m1/s1. The lowest BCUT2D eigenvalue weighted by Crippen LogP contribution is -2.37. The van der Waals surface area contributed by atoms with Gasteiger partial charge in [-0.3, -0.25) is 4.79 Å². The second-order valence-electron chi connectivity index (χ2n) is 6.71. The van der Waals surface area contributed by atoms with E-state index in [0.29, 0.717) is 43.7 Å². The van der Waals surface area contributed by atoms with Crippen molar-refractivity contribution < 1.29 is 18.0 Å². The number of aryl methyl sites for hydroxylation is 1. The Morgan fingerprint density at radius 3 is 2.61 bits per heavy atom. The highest BCUT2D eigenvalue weighted by Gasteiger charge is 2.31. The fourth-order valence-corrected chi connectivity index (χ4v) is 3.13. The Hall–Kier alpha value is -3.08. The predicted octanol–water partition coefficient (Wildman–Crippen LogP) is 3.30. The summed E-state index contributed by atoms with van der Waals surface area (Å²) < 4.78 is 37.9. The lowest BCUT2D eigenvalue weighted by Gasteiger charge is -2.18. The molecule has 2 heterocycles. The van der Waals surface area contributed by atoms with Gasteiger partial charge in [-0.2, -0.15) is 18.4 Å². The molecule has 1 N–H and O–H groups in total. The van der Waals surface area contributed by atoms with Gasteiger partial charge in [0.1, 0.15) is 5.82 Å². The van der Waals surface area contributed by atoms with E-state index >= 15 is 0 Å². The molecule has 1 saturated heterocycles. The third kappa shape index (κ3) is 5.00. The first-order valence-electron chi connectivity index (χ1n) is 8.92. The molecule has 5 nitrogen and oxygen atoms in total. The average Bonchev–Trinajstić information content (AvgIpc) is 3.14. The molecule has 0 saturated carbocycles. The van der Waals surface area contributed by atoms with E-state index in [9.17, 15) is 18.0 Å². The molecular weight excluding hydrogens is 369 g/mol. The third-order valence-electron chi connectivity index (χ3n) is 4.68. The van der Waals surface area contributed by atoms with Gasteiger partial charge >= 0.3 is 6.18 Å². The number of nitrogens with one attached hydrogen (secondary N) is 1. The lowest BCUT2D eigenvalue weighted by molar-refractivity contribution is -0.137. The Morgan fingerprint density at radius 2 is 2.00 bits per heavy atom. The van der Waals surface area contributed by atoms with E-state index < -0.39 is 11.7 Å². The molecule has 2 aromatic rings. The van der Waals surface area contributed by atoms with Crippen molar-refractivity contribution in [2.75, 3.05) is 18.0 Å². The van der Waals surface area contributed by atoms with Crippen LogP contribution >= 0.6 is 0 Å². The molecule has 1 amide bonds. The number of hydrogen-bond acceptors (Lipinski definition) is 4. The molecule has 0 aliphatic carbocycles. The van der Waals surface area contributed by atoms with Crippen LogP contribution in [0.4, 0.5) is 19.0 Å². The minimum Gasteiger partial charge on any atom is -0.354 e. The number of benzene rings is 1. The van der Waals surface area contributed by atoms with Gasteiger partial charge in [-0.25, -0.2) is 4.98 Å². The first-order chi connectivity index (χ1) is 13.3. The minimum absolute atomic E-state index is 0.0578. The average molecular weight is 388 g/mol. The Labute approximate surface area is 160 Å². The van der Waals surface area contributed by atoms with Crippen molar-refractivity contribution in [2.45, 2.75) is 31.5 Å². The van der Waals surface area contributed by atoms with Crippen molar-refractivity contribution in [1.82, 2.24) is 10.3 Å². The SMILES string of the molecule is N#Cc1ccc(CCC(=O)N[C@@H]2CCN(c3ccc(C(F)(F)F)cn3)C2)cc1. The van der Waals surface area contributed by atoms with Crippen LogP contribution < -0.4 is 10.2 Å². The predicted molar refractivity (Wildman–Crippen MR) is 97.5 cm³/mol. The summed E-state index contributed by atoms with van der Waals surface area (Å²) in [4.78, 5) is 17.9. The molecule has 1 fully saturated rings. The fraction of sp³-hybridized carbons (Fsp3) is 0.350. The van der Waals surface area contributed by atoms with Gasteiger partial charge < -0.3 is 10.2 Å². The molecular formula is C20H19F3N4O. The molecule has 1 aromatic carbocycles. The number of pyridine rings is 1. The number of rotatable bonds is 5. The molecule has 1 aliphatic rings. The Morgan fingerprint density at radius 1 is 1.25 bits per heavy atom. The van der Waals surface area contributed by atoms with Crippen molar-refractivity contribution in [3.05, 3.63) is 59.3 Å². The summed E-state index contributed by atoms with van der Waals surface area (Å²) in [5, 5.41) is 11.8. The molecule has 28 heavy (non-hydrogen) atoms. The number of hydrogen-bond donors (Lipinski definition) is 1. The van der Waals surface area contributed by atoms with Gasteiger partial charge in [0.15, 0.2) is 0 Å². The van der Waals surface area contributed by atoms with Gasteiger partial charge in [0.05, 0.1) is 17.2 Å². The van der Waals surface area contributed by atoms with Crippen molar-refractivity contribution in [2.24, 2.45) is 0 Å².